The minimum Gasteiger partial charge on any atom is -0.465 e. The molecule has 1 aliphatic rings. The second-order valence-corrected chi connectivity index (χ2v) is 5.19. The third kappa shape index (κ3) is 3.16. The van der Waals surface area contributed by atoms with Crippen molar-refractivity contribution in [2.45, 2.75) is 12.5 Å². The van der Waals surface area contributed by atoms with Gasteiger partial charge in [-0.25, -0.2) is 14.8 Å². The third-order valence-electron chi connectivity index (χ3n) is 3.70. The van der Waals surface area contributed by atoms with Crippen LogP contribution in [0.2, 0.25) is 0 Å². The smallest absolute Gasteiger partial charge is 0.337 e. The SMILES string of the molecule is COC(=O)c1ccc(NC2CCN(c3ncccn3)C2)cc1. The Kier molecular flexibility index (Phi) is 4.18. The summed E-state index contributed by atoms with van der Waals surface area (Å²) < 4.78 is 4.69. The summed E-state index contributed by atoms with van der Waals surface area (Å²) in [6, 6.07) is 9.48. The first kappa shape index (κ1) is 14.3. The molecule has 6 nitrogen and oxygen atoms in total. The van der Waals surface area contributed by atoms with Crippen molar-refractivity contribution in [2.24, 2.45) is 0 Å². The quantitative estimate of drug-likeness (QED) is 0.870. The highest BCUT2D eigenvalue weighted by Gasteiger charge is 2.23. The molecule has 0 amide bonds. The zero-order valence-corrected chi connectivity index (χ0v) is 12.4. The maximum atomic E-state index is 11.4. The van der Waals surface area contributed by atoms with Crippen molar-refractivity contribution in [1.29, 1.82) is 0 Å². The molecule has 1 N–H and O–H groups in total. The van der Waals surface area contributed by atoms with Gasteiger partial charge in [0, 0.05) is 37.2 Å². The molecule has 1 aromatic carbocycles. The van der Waals surface area contributed by atoms with E-state index in [1.165, 1.54) is 7.11 Å². The Morgan fingerprint density at radius 3 is 2.68 bits per heavy atom. The number of carbonyl (C=O) groups is 1. The number of hydrogen-bond donors (Lipinski definition) is 1. The average molecular weight is 298 g/mol. The fourth-order valence-electron chi connectivity index (χ4n) is 2.57. The first-order valence-electron chi connectivity index (χ1n) is 7.23. The lowest BCUT2D eigenvalue weighted by molar-refractivity contribution is 0.0601. The number of aromatic nitrogens is 2. The second-order valence-electron chi connectivity index (χ2n) is 5.19. The van der Waals surface area contributed by atoms with Crippen LogP contribution in [0.3, 0.4) is 0 Å². The highest BCUT2D eigenvalue weighted by molar-refractivity contribution is 5.89. The number of benzene rings is 1. The summed E-state index contributed by atoms with van der Waals surface area (Å²) in [5.74, 6) is 0.452. The fraction of sp³-hybridized carbons (Fsp3) is 0.312. The first-order chi connectivity index (χ1) is 10.8. The highest BCUT2D eigenvalue weighted by Crippen LogP contribution is 2.19. The van der Waals surface area contributed by atoms with Gasteiger partial charge in [-0.2, -0.15) is 0 Å². The summed E-state index contributed by atoms with van der Waals surface area (Å²) >= 11 is 0. The van der Waals surface area contributed by atoms with E-state index in [0.29, 0.717) is 11.6 Å². The summed E-state index contributed by atoms with van der Waals surface area (Å²) in [4.78, 5) is 22.1. The van der Waals surface area contributed by atoms with Crippen LogP contribution in [0.5, 0.6) is 0 Å². The Hall–Kier alpha value is -2.63. The molecule has 1 fully saturated rings. The number of anilines is 2. The van der Waals surface area contributed by atoms with E-state index in [-0.39, 0.29) is 5.97 Å². The van der Waals surface area contributed by atoms with E-state index in [1.807, 2.05) is 18.2 Å². The van der Waals surface area contributed by atoms with Gasteiger partial charge in [-0.3, -0.25) is 0 Å². The summed E-state index contributed by atoms with van der Waals surface area (Å²) in [5.41, 5.74) is 1.55. The molecule has 0 saturated carbocycles. The topological polar surface area (TPSA) is 67.3 Å². The number of hydrogen-bond acceptors (Lipinski definition) is 6. The van der Waals surface area contributed by atoms with Gasteiger partial charge in [0.1, 0.15) is 0 Å². The first-order valence-corrected chi connectivity index (χ1v) is 7.23. The van der Waals surface area contributed by atoms with Crippen molar-refractivity contribution in [2.75, 3.05) is 30.4 Å². The molecular formula is C16H18N4O2. The van der Waals surface area contributed by atoms with E-state index in [0.717, 1.165) is 31.1 Å². The van der Waals surface area contributed by atoms with Crippen LogP contribution in [0.15, 0.2) is 42.7 Å². The van der Waals surface area contributed by atoms with Crippen LogP contribution in [-0.2, 0) is 4.74 Å². The van der Waals surface area contributed by atoms with Gasteiger partial charge < -0.3 is 15.0 Å². The van der Waals surface area contributed by atoms with Gasteiger partial charge >= 0.3 is 5.97 Å². The predicted molar refractivity (Wildman–Crippen MR) is 84.1 cm³/mol. The summed E-state index contributed by atoms with van der Waals surface area (Å²) in [6.45, 7) is 1.80. The Morgan fingerprint density at radius 2 is 2.00 bits per heavy atom. The molecule has 2 aromatic rings. The van der Waals surface area contributed by atoms with Crippen LogP contribution in [0, 0.1) is 0 Å². The van der Waals surface area contributed by atoms with Crippen molar-refractivity contribution in [3.05, 3.63) is 48.3 Å². The number of carbonyl (C=O) groups excluding carboxylic acids is 1. The molecule has 3 rings (SSSR count). The molecule has 1 saturated heterocycles. The van der Waals surface area contributed by atoms with Gasteiger partial charge in [0.25, 0.3) is 0 Å². The zero-order chi connectivity index (χ0) is 15.4. The van der Waals surface area contributed by atoms with E-state index in [1.54, 1.807) is 24.5 Å². The van der Waals surface area contributed by atoms with Gasteiger partial charge in [0.2, 0.25) is 5.95 Å². The number of nitrogens with zero attached hydrogens (tertiary/aromatic N) is 3. The van der Waals surface area contributed by atoms with Crippen LogP contribution in [0.1, 0.15) is 16.8 Å². The number of methoxy groups -OCH3 is 1. The molecule has 1 atom stereocenters. The molecule has 0 spiro atoms. The van der Waals surface area contributed by atoms with Crippen LogP contribution in [0.4, 0.5) is 11.6 Å². The van der Waals surface area contributed by atoms with E-state index < -0.39 is 0 Å². The zero-order valence-electron chi connectivity index (χ0n) is 12.4. The maximum Gasteiger partial charge on any atom is 0.337 e. The van der Waals surface area contributed by atoms with Crippen LogP contribution in [-0.4, -0.2) is 42.2 Å². The monoisotopic (exact) mass is 298 g/mol. The fourth-order valence-corrected chi connectivity index (χ4v) is 2.57. The molecule has 6 heteroatoms. The van der Waals surface area contributed by atoms with Crippen molar-refractivity contribution in [3.63, 3.8) is 0 Å². The molecule has 114 valence electrons. The minimum atomic E-state index is -0.320. The molecule has 22 heavy (non-hydrogen) atoms. The molecule has 2 heterocycles. The lowest BCUT2D eigenvalue weighted by Gasteiger charge is -2.17. The third-order valence-corrected chi connectivity index (χ3v) is 3.70. The van der Waals surface area contributed by atoms with E-state index in [4.69, 9.17) is 4.74 Å². The lowest BCUT2D eigenvalue weighted by Crippen LogP contribution is -2.27. The molecule has 0 aliphatic carbocycles. The van der Waals surface area contributed by atoms with E-state index in [2.05, 4.69) is 20.2 Å². The lowest BCUT2D eigenvalue weighted by atomic mass is 10.2. The van der Waals surface area contributed by atoms with Crippen molar-refractivity contribution >= 4 is 17.6 Å². The van der Waals surface area contributed by atoms with Crippen LogP contribution >= 0.6 is 0 Å². The molecule has 0 bridgehead atoms. The molecule has 0 radical (unpaired) electrons. The summed E-state index contributed by atoms with van der Waals surface area (Å²) in [7, 11) is 1.38. The van der Waals surface area contributed by atoms with Crippen LogP contribution in [0.25, 0.3) is 0 Å². The number of rotatable bonds is 4. The minimum absolute atomic E-state index is 0.320. The van der Waals surface area contributed by atoms with Crippen molar-refractivity contribution in [3.8, 4) is 0 Å². The average Bonchev–Trinajstić information content (AvgIpc) is 3.04. The Balaban J connectivity index is 1.59. The van der Waals surface area contributed by atoms with Crippen molar-refractivity contribution < 1.29 is 9.53 Å². The Morgan fingerprint density at radius 1 is 1.27 bits per heavy atom. The number of ether oxygens (including phenoxy) is 1. The van der Waals surface area contributed by atoms with Gasteiger partial charge in [-0.05, 0) is 36.8 Å². The standard InChI is InChI=1S/C16H18N4O2/c1-22-15(21)12-3-5-13(6-4-12)19-14-7-10-20(11-14)16-17-8-2-9-18-16/h2-6,8-9,14,19H,7,10-11H2,1H3. The van der Waals surface area contributed by atoms with Gasteiger partial charge in [0.15, 0.2) is 0 Å². The van der Waals surface area contributed by atoms with Gasteiger partial charge in [-0.15, -0.1) is 0 Å². The number of esters is 1. The maximum absolute atomic E-state index is 11.4. The molecular weight excluding hydrogens is 280 g/mol. The molecule has 1 unspecified atom stereocenters. The Labute approximate surface area is 129 Å². The second kappa shape index (κ2) is 6.43. The predicted octanol–water partition coefficient (Wildman–Crippen LogP) is 1.95. The largest absolute Gasteiger partial charge is 0.465 e. The van der Waals surface area contributed by atoms with E-state index >= 15 is 0 Å². The van der Waals surface area contributed by atoms with Crippen molar-refractivity contribution in [1.82, 2.24) is 9.97 Å². The molecule has 1 aromatic heterocycles. The molecule has 1 aliphatic heterocycles. The number of nitrogens with one attached hydrogen (secondary N) is 1. The van der Waals surface area contributed by atoms with Gasteiger partial charge in [0.05, 0.1) is 12.7 Å². The van der Waals surface area contributed by atoms with Crippen LogP contribution < -0.4 is 10.2 Å². The Bertz CT molecular complexity index is 630. The van der Waals surface area contributed by atoms with E-state index in [9.17, 15) is 4.79 Å². The summed E-state index contributed by atoms with van der Waals surface area (Å²) in [5, 5.41) is 3.48. The summed E-state index contributed by atoms with van der Waals surface area (Å²) in [6.07, 6.45) is 4.54. The highest BCUT2D eigenvalue weighted by atomic mass is 16.5. The van der Waals surface area contributed by atoms with Gasteiger partial charge in [-0.1, -0.05) is 0 Å². The normalized spacial score (nSPS) is 17.3.